The number of aliphatic hydroxyl groups is 1. The quantitative estimate of drug-likeness (QED) is 0.418. The number of fused-ring (bicyclic) bond motifs is 7. The number of amides is 2. The standard InChI is InChI=1S/C30H38N2O5/c1-16-14-22-21(27(16)17(2)33)11-10-20-19-6-4-8-26(35)31-13-5-7-24-29(36)28(30(37)32(24)3)25(34)12-9-18(19)15-23(20)22/h4,8-12,16,18-24,27,34H,5-7,13-15H2,1-3H3,(H,31,35)/b8-4-,12-9?,28-25?/t16-,18-,19+,20-,21-,22+,23+,24+,27+/m1/s1. The predicted molar refractivity (Wildman–Crippen MR) is 139 cm³/mol. The number of hydrogen-bond acceptors (Lipinski definition) is 5. The van der Waals surface area contributed by atoms with Gasteiger partial charge in [-0.2, -0.15) is 0 Å². The molecule has 2 amide bonds. The Morgan fingerprint density at radius 2 is 1.76 bits per heavy atom. The number of ketones is 2. The van der Waals surface area contributed by atoms with E-state index in [0.717, 1.165) is 19.3 Å². The predicted octanol–water partition coefficient (Wildman–Crippen LogP) is 3.54. The van der Waals surface area contributed by atoms with Gasteiger partial charge in [0.2, 0.25) is 5.91 Å². The second-order valence-electron chi connectivity index (χ2n) is 11.8. The first-order valence-corrected chi connectivity index (χ1v) is 13.7. The molecule has 198 valence electrons. The van der Waals surface area contributed by atoms with Crippen molar-refractivity contribution in [3.8, 4) is 0 Å². The summed E-state index contributed by atoms with van der Waals surface area (Å²) < 4.78 is 0. The summed E-state index contributed by atoms with van der Waals surface area (Å²) >= 11 is 0. The molecule has 2 N–H and O–H groups in total. The van der Waals surface area contributed by atoms with Crippen LogP contribution in [0.5, 0.6) is 0 Å². The minimum atomic E-state index is -0.624. The summed E-state index contributed by atoms with van der Waals surface area (Å²) in [6.07, 6.45) is 15.3. The van der Waals surface area contributed by atoms with Crippen LogP contribution < -0.4 is 5.32 Å². The average Bonchev–Trinajstić information content (AvgIpc) is 3.44. The molecule has 37 heavy (non-hydrogen) atoms. The van der Waals surface area contributed by atoms with E-state index in [0.29, 0.717) is 43.1 Å². The molecule has 2 heterocycles. The van der Waals surface area contributed by atoms with Crippen molar-refractivity contribution in [2.45, 2.75) is 52.0 Å². The summed E-state index contributed by atoms with van der Waals surface area (Å²) in [5, 5.41) is 13.7. The van der Waals surface area contributed by atoms with Gasteiger partial charge in [-0.05, 0) is 92.6 Å². The van der Waals surface area contributed by atoms with Crippen LogP contribution in [0.1, 0.15) is 46.0 Å². The van der Waals surface area contributed by atoms with Crippen LogP contribution in [0.2, 0.25) is 0 Å². The minimum Gasteiger partial charge on any atom is -0.507 e. The zero-order valence-corrected chi connectivity index (χ0v) is 21.9. The lowest BCUT2D eigenvalue weighted by Crippen LogP contribution is -2.33. The fourth-order valence-corrected chi connectivity index (χ4v) is 8.10. The molecule has 0 aromatic carbocycles. The Labute approximate surface area is 218 Å². The van der Waals surface area contributed by atoms with Crippen molar-refractivity contribution in [3.63, 3.8) is 0 Å². The van der Waals surface area contributed by atoms with Gasteiger partial charge in [-0.15, -0.1) is 0 Å². The first-order valence-electron chi connectivity index (χ1n) is 13.7. The van der Waals surface area contributed by atoms with Crippen LogP contribution in [0.15, 0.2) is 47.8 Å². The summed E-state index contributed by atoms with van der Waals surface area (Å²) in [5.41, 5.74) is -0.138. The van der Waals surface area contributed by atoms with E-state index >= 15 is 0 Å². The van der Waals surface area contributed by atoms with Crippen LogP contribution >= 0.6 is 0 Å². The number of nitrogens with zero attached hydrogens (tertiary/aromatic N) is 1. The number of rotatable bonds is 1. The van der Waals surface area contributed by atoms with Crippen LogP contribution in [-0.4, -0.2) is 53.0 Å². The Balaban J connectivity index is 1.48. The molecule has 0 unspecified atom stereocenters. The summed E-state index contributed by atoms with van der Waals surface area (Å²) in [4.78, 5) is 52.0. The normalized spacial score (nSPS) is 40.9. The van der Waals surface area contributed by atoms with E-state index < -0.39 is 11.9 Å². The van der Waals surface area contributed by atoms with Crippen LogP contribution in [0, 0.1) is 47.3 Å². The molecule has 2 aliphatic heterocycles. The van der Waals surface area contributed by atoms with Crippen molar-refractivity contribution >= 4 is 23.4 Å². The molecular formula is C30H38N2O5. The Morgan fingerprint density at radius 3 is 2.51 bits per heavy atom. The molecule has 2 bridgehead atoms. The molecule has 1 saturated heterocycles. The zero-order chi connectivity index (χ0) is 26.4. The van der Waals surface area contributed by atoms with Crippen molar-refractivity contribution < 1.29 is 24.3 Å². The maximum atomic E-state index is 13.0. The zero-order valence-electron chi connectivity index (χ0n) is 21.9. The summed E-state index contributed by atoms with van der Waals surface area (Å²) in [5.74, 6) is 1.30. The van der Waals surface area contributed by atoms with Crippen molar-refractivity contribution in [1.29, 1.82) is 0 Å². The van der Waals surface area contributed by atoms with Gasteiger partial charge in [0.15, 0.2) is 5.78 Å². The number of carbonyl (C=O) groups excluding carboxylic acids is 4. The maximum absolute atomic E-state index is 13.0. The first kappa shape index (κ1) is 25.7. The number of nitrogens with one attached hydrogen (secondary N) is 1. The van der Waals surface area contributed by atoms with Gasteiger partial charge >= 0.3 is 0 Å². The monoisotopic (exact) mass is 506 g/mol. The molecule has 0 aromatic heterocycles. The molecular weight excluding hydrogens is 468 g/mol. The lowest BCUT2D eigenvalue weighted by Gasteiger charge is -2.35. The van der Waals surface area contributed by atoms with E-state index in [4.69, 9.17) is 0 Å². The third-order valence-electron chi connectivity index (χ3n) is 9.76. The lowest BCUT2D eigenvalue weighted by molar-refractivity contribution is -0.125. The smallest absolute Gasteiger partial charge is 0.261 e. The second kappa shape index (κ2) is 10.1. The first-order chi connectivity index (χ1) is 17.7. The molecule has 5 aliphatic rings. The van der Waals surface area contributed by atoms with Gasteiger partial charge in [0.1, 0.15) is 17.1 Å². The highest BCUT2D eigenvalue weighted by Gasteiger charge is 2.53. The van der Waals surface area contributed by atoms with Crippen molar-refractivity contribution in [1.82, 2.24) is 10.2 Å². The van der Waals surface area contributed by atoms with Crippen LogP contribution in [0.3, 0.4) is 0 Å². The maximum Gasteiger partial charge on any atom is 0.261 e. The Hall–Kier alpha value is -2.96. The second-order valence-corrected chi connectivity index (χ2v) is 11.8. The topological polar surface area (TPSA) is 104 Å². The molecule has 0 radical (unpaired) electrons. The largest absolute Gasteiger partial charge is 0.507 e. The number of aliphatic hydroxyl groups excluding tert-OH is 1. The molecule has 7 nitrogen and oxygen atoms in total. The summed E-state index contributed by atoms with van der Waals surface area (Å²) in [6.45, 7) is 4.32. The molecule has 7 heteroatoms. The SMILES string of the molecule is CC(=O)[C@H]1[C@@H]2C=C[C@@H]3[C@H]4C/C=C\C(=O)NCCC[C@H]5C(=O)C(=C(O)C=C[C@@H]4C[C@@H]3[C@H]2C[C@H]1C)C(=O)N5C. The van der Waals surface area contributed by atoms with Crippen molar-refractivity contribution in [3.05, 3.63) is 47.8 Å². The number of likely N-dealkylation sites (N-methyl/N-ethyl adjacent to an activating group) is 1. The fraction of sp³-hybridized carbons (Fsp3) is 0.600. The van der Waals surface area contributed by atoms with E-state index in [-0.39, 0.29) is 52.5 Å². The summed E-state index contributed by atoms with van der Waals surface area (Å²) in [6, 6.07) is -0.624. The molecule has 2 saturated carbocycles. The number of likely N-dealkylation sites (tertiary alicyclic amines) is 1. The highest BCUT2D eigenvalue weighted by atomic mass is 16.3. The van der Waals surface area contributed by atoms with E-state index in [2.05, 4.69) is 24.4 Å². The van der Waals surface area contributed by atoms with E-state index in [1.807, 2.05) is 12.2 Å². The Bertz CT molecular complexity index is 1120. The number of carbonyl (C=O) groups is 4. The van der Waals surface area contributed by atoms with E-state index in [1.54, 1.807) is 26.1 Å². The van der Waals surface area contributed by atoms with Gasteiger partial charge in [-0.25, -0.2) is 0 Å². The van der Waals surface area contributed by atoms with Gasteiger partial charge in [0.25, 0.3) is 5.91 Å². The van der Waals surface area contributed by atoms with Gasteiger partial charge in [0, 0.05) is 19.5 Å². The van der Waals surface area contributed by atoms with Crippen LogP contribution in [0.4, 0.5) is 0 Å². The molecule has 0 spiro atoms. The van der Waals surface area contributed by atoms with Gasteiger partial charge in [-0.1, -0.05) is 31.2 Å². The molecule has 9 atom stereocenters. The average molecular weight is 507 g/mol. The minimum absolute atomic E-state index is 0.0754. The number of allylic oxidation sites excluding steroid dienone is 5. The Kier molecular flexibility index (Phi) is 6.99. The summed E-state index contributed by atoms with van der Waals surface area (Å²) in [7, 11) is 1.59. The Morgan fingerprint density at radius 1 is 1.03 bits per heavy atom. The highest BCUT2D eigenvalue weighted by Crippen LogP contribution is 2.58. The number of Topliss-reactive ketones (excluding diaryl/α,β-unsaturated/α-hetero) is 2. The van der Waals surface area contributed by atoms with E-state index in [9.17, 15) is 24.3 Å². The van der Waals surface area contributed by atoms with Crippen molar-refractivity contribution in [2.24, 2.45) is 47.3 Å². The number of hydrogen-bond donors (Lipinski definition) is 2. The third kappa shape index (κ3) is 4.51. The van der Waals surface area contributed by atoms with Gasteiger partial charge in [0.05, 0.1) is 6.04 Å². The lowest BCUT2D eigenvalue weighted by atomic mass is 9.69. The van der Waals surface area contributed by atoms with E-state index in [1.165, 1.54) is 4.90 Å². The van der Waals surface area contributed by atoms with Gasteiger partial charge in [-0.3, -0.25) is 19.2 Å². The molecule has 3 aliphatic carbocycles. The highest BCUT2D eigenvalue weighted by molar-refractivity contribution is 6.26. The van der Waals surface area contributed by atoms with Gasteiger partial charge < -0.3 is 15.3 Å². The third-order valence-corrected chi connectivity index (χ3v) is 9.76. The molecule has 0 aromatic rings. The molecule has 5 rings (SSSR count). The van der Waals surface area contributed by atoms with Crippen molar-refractivity contribution in [2.75, 3.05) is 13.6 Å². The van der Waals surface area contributed by atoms with Crippen LogP contribution in [0.25, 0.3) is 0 Å². The van der Waals surface area contributed by atoms with Crippen LogP contribution in [-0.2, 0) is 19.2 Å². The fourth-order valence-electron chi connectivity index (χ4n) is 8.10. The molecule has 3 fully saturated rings.